The lowest BCUT2D eigenvalue weighted by Gasteiger charge is -2.14. The van der Waals surface area contributed by atoms with Crippen molar-refractivity contribution in [2.45, 2.75) is 6.54 Å². The van der Waals surface area contributed by atoms with Gasteiger partial charge < -0.3 is 10.5 Å². The second-order valence-electron chi connectivity index (χ2n) is 2.94. The summed E-state index contributed by atoms with van der Waals surface area (Å²) < 4.78 is 5.22. The van der Waals surface area contributed by atoms with Gasteiger partial charge in [0.25, 0.3) is 0 Å². The summed E-state index contributed by atoms with van der Waals surface area (Å²) in [7, 11) is 3.76. The molecule has 0 spiro atoms. The smallest absolute Gasteiger partial charge is 0.134 e. The molecule has 0 radical (unpaired) electrons. The van der Waals surface area contributed by atoms with Crippen LogP contribution in [0.5, 0.6) is 5.75 Å². The van der Waals surface area contributed by atoms with Gasteiger partial charge in [-0.05, 0) is 18.5 Å². The number of likely N-dealkylation sites (N-methyl/N-ethyl adjacent to an activating group) is 1. The lowest BCUT2D eigenvalue weighted by Crippen LogP contribution is -2.24. The Labute approximate surface area is 83.1 Å². The van der Waals surface area contributed by atoms with E-state index in [-0.39, 0.29) is 0 Å². The second-order valence-corrected chi connectivity index (χ2v) is 3.94. The van der Waals surface area contributed by atoms with E-state index >= 15 is 0 Å². The molecule has 0 amide bonds. The lowest BCUT2D eigenvalue weighted by molar-refractivity contribution is 0.329. The maximum Gasteiger partial charge on any atom is 0.134 e. The molecule has 1 aromatic rings. The lowest BCUT2D eigenvalue weighted by atomic mass is 10.4. The molecular weight excluding hydrogens is 184 g/mol. The van der Waals surface area contributed by atoms with Gasteiger partial charge in [-0.2, -0.15) is 0 Å². The number of methoxy groups -OCH3 is 1. The van der Waals surface area contributed by atoms with Crippen LogP contribution in [-0.4, -0.2) is 32.1 Å². The van der Waals surface area contributed by atoms with E-state index in [1.165, 1.54) is 4.88 Å². The molecule has 0 aliphatic carbocycles. The van der Waals surface area contributed by atoms with Crippen molar-refractivity contribution in [3.8, 4) is 5.75 Å². The van der Waals surface area contributed by atoms with Crippen LogP contribution in [-0.2, 0) is 6.54 Å². The molecule has 1 aromatic heterocycles. The Balaban J connectivity index is 2.52. The zero-order valence-electron chi connectivity index (χ0n) is 8.12. The van der Waals surface area contributed by atoms with Crippen molar-refractivity contribution in [1.29, 1.82) is 0 Å². The first kappa shape index (κ1) is 10.5. The van der Waals surface area contributed by atoms with Gasteiger partial charge in [-0.3, -0.25) is 4.90 Å². The van der Waals surface area contributed by atoms with Crippen LogP contribution in [0.1, 0.15) is 4.88 Å². The van der Waals surface area contributed by atoms with E-state index < -0.39 is 0 Å². The summed E-state index contributed by atoms with van der Waals surface area (Å²) in [5, 5.41) is 2.05. The van der Waals surface area contributed by atoms with Crippen LogP contribution in [0, 0.1) is 0 Å². The van der Waals surface area contributed by atoms with Crippen LogP contribution in [0.2, 0.25) is 0 Å². The first-order valence-electron chi connectivity index (χ1n) is 4.27. The molecular formula is C9H16N2OS. The molecule has 1 rings (SSSR count). The molecule has 0 saturated heterocycles. The Bertz CT molecular complexity index is 250. The molecule has 0 unspecified atom stereocenters. The first-order valence-corrected chi connectivity index (χ1v) is 5.15. The molecule has 1 heterocycles. The topological polar surface area (TPSA) is 38.5 Å². The van der Waals surface area contributed by atoms with Crippen molar-refractivity contribution in [3.05, 3.63) is 16.3 Å². The highest BCUT2D eigenvalue weighted by atomic mass is 32.1. The standard InChI is InChI=1S/C9H16N2OS/c1-11(5-4-10)7-9-8(12-2)3-6-13-9/h3,6H,4-5,7,10H2,1-2H3. The zero-order chi connectivity index (χ0) is 9.68. The summed E-state index contributed by atoms with van der Waals surface area (Å²) in [5.74, 6) is 0.980. The van der Waals surface area contributed by atoms with Gasteiger partial charge in [0.2, 0.25) is 0 Å². The minimum Gasteiger partial charge on any atom is -0.496 e. The average molecular weight is 200 g/mol. The Kier molecular flexibility index (Phi) is 4.21. The summed E-state index contributed by atoms with van der Waals surface area (Å²) in [6.07, 6.45) is 0. The van der Waals surface area contributed by atoms with Crippen LogP contribution in [0.15, 0.2) is 11.4 Å². The first-order chi connectivity index (χ1) is 6.27. The molecule has 74 valence electrons. The third-order valence-electron chi connectivity index (χ3n) is 1.85. The fourth-order valence-electron chi connectivity index (χ4n) is 1.17. The number of nitrogens with two attached hydrogens (primary N) is 1. The van der Waals surface area contributed by atoms with E-state index in [2.05, 4.69) is 11.9 Å². The molecule has 4 heteroatoms. The third kappa shape index (κ3) is 2.99. The van der Waals surface area contributed by atoms with Crippen molar-refractivity contribution >= 4 is 11.3 Å². The maximum absolute atomic E-state index is 5.46. The van der Waals surface area contributed by atoms with Gasteiger partial charge in [-0.1, -0.05) is 0 Å². The van der Waals surface area contributed by atoms with Gasteiger partial charge in [0.1, 0.15) is 5.75 Å². The summed E-state index contributed by atoms with van der Waals surface area (Å²) in [6.45, 7) is 2.53. The minimum absolute atomic E-state index is 0.699. The Hall–Kier alpha value is -0.580. The number of ether oxygens (including phenoxy) is 1. The van der Waals surface area contributed by atoms with E-state index in [1.807, 2.05) is 11.4 Å². The highest BCUT2D eigenvalue weighted by Gasteiger charge is 2.06. The van der Waals surface area contributed by atoms with Crippen molar-refractivity contribution in [1.82, 2.24) is 4.90 Å². The summed E-state index contributed by atoms with van der Waals surface area (Å²) >= 11 is 1.72. The summed E-state index contributed by atoms with van der Waals surface area (Å²) in [4.78, 5) is 3.45. The number of hydrogen-bond acceptors (Lipinski definition) is 4. The maximum atomic E-state index is 5.46. The van der Waals surface area contributed by atoms with Crippen molar-refractivity contribution < 1.29 is 4.74 Å². The highest BCUT2D eigenvalue weighted by Crippen LogP contribution is 2.25. The van der Waals surface area contributed by atoms with E-state index in [9.17, 15) is 0 Å². The minimum atomic E-state index is 0.699. The van der Waals surface area contributed by atoms with Crippen molar-refractivity contribution in [2.75, 3.05) is 27.2 Å². The summed E-state index contributed by atoms with van der Waals surface area (Å²) in [6, 6.07) is 2.00. The molecule has 0 atom stereocenters. The number of thiophene rings is 1. The van der Waals surface area contributed by atoms with Crippen LogP contribution >= 0.6 is 11.3 Å². The Morgan fingerprint density at radius 3 is 3.00 bits per heavy atom. The van der Waals surface area contributed by atoms with Crippen LogP contribution in [0.4, 0.5) is 0 Å². The molecule has 3 nitrogen and oxygen atoms in total. The normalized spacial score (nSPS) is 10.8. The van der Waals surface area contributed by atoms with Gasteiger partial charge >= 0.3 is 0 Å². The van der Waals surface area contributed by atoms with E-state index in [4.69, 9.17) is 10.5 Å². The number of hydrogen-bond donors (Lipinski definition) is 1. The number of nitrogens with zero attached hydrogens (tertiary/aromatic N) is 1. The van der Waals surface area contributed by atoms with Gasteiger partial charge in [-0.25, -0.2) is 0 Å². The second kappa shape index (κ2) is 5.21. The monoisotopic (exact) mass is 200 g/mol. The molecule has 0 saturated carbocycles. The Morgan fingerprint density at radius 2 is 2.38 bits per heavy atom. The fraction of sp³-hybridized carbons (Fsp3) is 0.556. The van der Waals surface area contributed by atoms with Crippen molar-refractivity contribution in [2.24, 2.45) is 5.73 Å². The van der Waals surface area contributed by atoms with Crippen LogP contribution in [0.25, 0.3) is 0 Å². The van der Waals surface area contributed by atoms with Crippen LogP contribution in [0.3, 0.4) is 0 Å². The molecule has 0 fully saturated rings. The quantitative estimate of drug-likeness (QED) is 0.775. The Morgan fingerprint density at radius 1 is 1.62 bits per heavy atom. The molecule has 0 bridgehead atoms. The zero-order valence-corrected chi connectivity index (χ0v) is 8.93. The van der Waals surface area contributed by atoms with Crippen LogP contribution < -0.4 is 10.5 Å². The fourth-order valence-corrected chi connectivity index (χ4v) is 2.09. The molecule has 0 aromatic carbocycles. The number of rotatable bonds is 5. The van der Waals surface area contributed by atoms with Gasteiger partial charge in [0.05, 0.1) is 12.0 Å². The molecule has 0 aliphatic rings. The average Bonchev–Trinajstić information content (AvgIpc) is 2.52. The molecule has 2 N–H and O–H groups in total. The SMILES string of the molecule is COc1ccsc1CN(C)CCN. The summed E-state index contributed by atoms with van der Waals surface area (Å²) in [5.41, 5.74) is 5.46. The van der Waals surface area contributed by atoms with Gasteiger partial charge in [0.15, 0.2) is 0 Å². The predicted octanol–water partition coefficient (Wildman–Crippen LogP) is 1.15. The van der Waals surface area contributed by atoms with E-state index in [1.54, 1.807) is 18.4 Å². The van der Waals surface area contributed by atoms with E-state index in [0.29, 0.717) is 6.54 Å². The van der Waals surface area contributed by atoms with Crippen molar-refractivity contribution in [3.63, 3.8) is 0 Å². The molecule has 0 aliphatic heterocycles. The third-order valence-corrected chi connectivity index (χ3v) is 2.74. The van der Waals surface area contributed by atoms with Gasteiger partial charge in [0, 0.05) is 19.6 Å². The predicted molar refractivity (Wildman–Crippen MR) is 56.3 cm³/mol. The largest absolute Gasteiger partial charge is 0.496 e. The molecule has 13 heavy (non-hydrogen) atoms. The highest BCUT2D eigenvalue weighted by molar-refractivity contribution is 7.10. The van der Waals surface area contributed by atoms with Gasteiger partial charge in [-0.15, -0.1) is 11.3 Å². The van der Waals surface area contributed by atoms with E-state index in [0.717, 1.165) is 18.8 Å².